The first-order valence-electron chi connectivity index (χ1n) is 9.53. The molecule has 0 aliphatic heterocycles. The van der Waals surface area contributed by atoms with Crippen molar-refractivity contribution < 1.29 is 4.79 Å². The average molecular weight is 382 g/mol. The van der Waals surface area contributed by atoms with E-state index in [4.69, 9.17) is 0 Å². The molecule has 0 fully saturated rings. The minimum atomic E-state index is -0.113. The van der Waals surface area contributed by atoms with Gasteiger partial charge in [0.1, 0.15) is 0 Å². The van der Waals surface area contributed by atoms with Gasteiger partial charge in [0.25, 0.3) is 5.91 Å². The molecule has 4 rings (SSSR count). The van der Waals surface area contributed by atoms with Crippen molar-refractivity contribution >= 4 is 17.3 Å². The molecule has 1 aromatic heterocycles. The molecule has 0 saturated carbocycles. The van der Waals surface area contributed by atoms with E-state index in [1.807, 2.05) is 89.7 Å². The zero-order valence-corrected chi connectivity index (χ0v) is 16.0. The first kappa shape index (κ1) is 18.5. The molecule has 4 aromatic rings. The van der Waals surface area contributed by atoms with Crippen LogP contribution in [-0.4, -0.2) is 15.7 Å². The van der Waals surface area contributed by atoms with Crippen molar-refractivity contribution in [2.45, 2.75) is 13.1 Å². The number of nitrogens with zero attached hydrogens (tertiary/aromatic N) is 2. The molecule has 1 amide bonds. The number of para-hydroxylation sites is 2. The Hall–Kier alpha value is -3.86. The van der Waals surface area contributed by atoms with Crippen LogP contribution < -0.4 is 10.6 Å². The number of carbonyl (C=O) groups excluding carboxylic acids is 1. The fourth-order valence-electron chi connectivity index (χ4n) is 3.19. The predicted molar refractivity (Wildman–Crippen MR) is 115 cm³/mol. The smallest absolute Gasteiger partial charge is 0.253 e. The van der Waals surface area contributed by atoms with Crippen molar-refractivity contribution in [1.29, 1.82) is 0 Å². The van der Waals surface area contributed by atoms with Crippen molar-refractivity contribution in [3.05, 3.63) is 114 Å². The fourth-order valence-corrected chi connectivity index (χ4v) is 3.19. The minimum absolute atomic E-state index is 0.113. The van der Waals surface area contributed by atoms with Crippen molar-refractivity contribution in [3.8, 4) is 0 Å². The molecule has 0 spiro atoms. The highest BCUT2D eigenvalue weighted by Gasteiger charge is 2.12. The summed E-state index contributed by atoms with van der Waals surface area (Å²) in [7, 11) is 0. The summed E-state index contributed by atoms with van der Waals surface area (Å²) in [6.45, 7) is 1.13. The Kier molecular flexibility index (Phi) is 5.67. The van der Waals surface area contributed by atoms with Gasteiger partial charge in [-0.05, 0) is 41.5 Å². The Morgan fingerprint density at radius 3 is 2.34 bits per heavy atom. The standard InChI is InChI=1S/C24H22N4O/c29-24(22-13-6-7-14-23(22)27-21-11-2-1-3-12-21)25-17-19-9-4-5-10-20(19)18-28-16-8-15-26-28/h1-16,27H,17-18H2,(H,25,29). The van der Waals surface area contributed by atoms with E-state index in [0.717, 1.165) is 22.5 Å². The summed E-state index contributed by atoms with van der Waals surface area (Å²) in [6.07, 6.45) is 3.70. The number of benzene rings is 3. The van der Waals surface area contributed by atoms with E-state index in [1.165, 1.54) is 0 Å². The normalized spacial score (nSPS) is 10.5. The molecule has 5 nitrogen and oxygen atoms in total. The van der Waals surface area contributed by atoms with E-state index in [0.29, 0.717) is 18.7 Å². The Balaban J connectivity index is 1.47. The van der Waals surface area contributed by atoms with Gasteiger partial charge >= 0.3 is 0 Å². The molecule has 0 aliphatic carbocycles. The molecule has 1 heterocycles. The van der Waals surface area contributed by atoms with Crippen LogP contribution in [0.15, 0.2) is 97.3 Å². The largest absolute Gasteiger partial charge is 0.355 e. The first-order valence-corrected chi connectivity index (χ1v) is 9.53. The van der Waals surface area contributed by atoms with Gasteiger partial charge in [-0.15, -0.1) is 0 Å². The lowest BCUT2D eigenvalue weighted by Crippen LogP contribution is -2.24. The van der Waals surface area contributed by atoms with Crippen LogP contribution in [0.4, 0.5) is 11.4 Å². The van der Waals surface area contributed by atoms with E-state index in [9.17, 15) is 4.79 Å². The van der Waals surface area contributed by atoms with Gasteiger partial charge in [0.05, 0.1) is 17.8 Å². The number of nitrogens with one attached hydrogen (secondary N) is 2. The second kappa shape index (κ2) is 8.89. The highest BCUT2D eigenvalue weighted by molar-refractivity contribution is 6.00. The average Bonchev–Trinajstić information content (AvgIpc) is 3.27. The maximum Gasteiger partial charge on any atom is 0.253 e. The number of amides is 1. The summed E-state index contributed by atoms with van der Waals surface area (Å²) >= 11 is 0. The quantitative estimate of drug-likeness (QED) is 0.491. The van der Waals surface area contributed by atoms with Gasteiger partial charge in [-0.3, -0.25) is 9.48 Å². The number of hydrogen-bond donors (Lipinski definition) is 2. The van der Waals surface area contributed by atoms with E-state index >= 15 is 0 Å². The van der Waals surface area contributed by atoms with Gasteiger partial charge < -0.3 is 10.6 Å². The topological polar surface area (TPSA) is 59.0 Å². The first-order chi connectivity index (χ1) is 14.3. The minimum Gasteiger partial charge on any atom is -0.355 e. The molecule has 29 heavy (non-hydrogen) atoms. The van der Waals surface area contributed by atoms with Crippen LogP contribution in [0.3, 0.4) is 0 Å². The molecule has 0 saturated heterocycles. The van der Waals surface area contributed by atoms with Crippen LogP contribution in [0.5, 0.6) is 0 Å². The fraction of sp³-hybridized carbons (Fsp3) is 0.0833. The lowest BCUT2D eigenvalue weighted by atomic mass is 10.1. The molecule has 0 atom stereocenters. The summed E-state index contributed by atoms with van der Waals surface area (Å²) in [4.78, 5) is 12.9. The lowest BCUT2D eigenvalue weighted by Gasteiger charge is -2.14. The summed E-state index contributed by atoms with van der Waals surface area (Å²) < 4.78 is 1.87. The number of hydrogen-bond acceptors (Lipinski definition) is 3. The lowest BCUT2D eigenvalue weighted by molar-refractivity contribution is 0.0951. The number of anilines is 2. The second-order valence-electron chi connectivity index (χ2n) is 6.69. The Bertz CT molecular complexity index is 1080. The zero-order valence-electron chi connectivity index (χ0n) is 16.0. The molecule has 0 aliphatic rings. The molecule has 0 bridgehead atoms. The van der Waals surface area contributed by atoms with Crippen LogP contribution in [0.25, 0.3) is 0 Å². The van der Waals surface area contributed by atoms with Crippen LogP contribution >= 0.6 is 0 Å². The number of rotatable bonds is 7. The van der Waals surface area contributed by atoms with E-state index in [1.54, 1.807) is 6.20 Å². The van der Waals surface area contributed by atoms with Crippen molar-refractivity contribution in [1.82, 2.24) is 15.1 Å². The van der Waals surface area contributed by atoms with Crippen LogP contribution in [0, 0.1) is 0 Å². The molecule has 0 radical (unpaired) electrons. The zero-order chi connectivity index (χ0) is 19.9. The van der Waals surface area contributed by atoms with Gasteiger partial charge in [-0.2, -0.15) is 5.10 Å². The summed E-state index contributed by atoms with van der Waals surface area (Å²) in [6, 6.07) is 27.3. The maximum absolute atomic E-state index is 12.9. The third-order valence-corrected chi connectivity index (χ3v) is 4.67. The molecular weight excluding hydrogens is 360 g/mol. The maximum atomic E-state index is 12.9. The Morgan fingerprint density at radius 1 is 0.828 bits per heavy atom. The SMILES string of the molecule is O=C(NCc1ccccc1Cn1cccn1)c1ccccc1Nc1ccccc1. The molecule has 3 aromatic carbocycles. The molecule has 5 heteroatoms. The third-order valence-electron chi connectivity index (χ3n) is 4.67. The monoisotopic (exact) mass is 382 g/mol. The predicted octanol–water partition coefficient (Wildman–Crippen LogP) is 4.61. The summed E-state index contributed by atoms with van der Waals surface area (Å²) in [5, 5.41) is 10.6. The molecule has 0 unspecified atom stereocenters. The van der Waals surface area contributed by atoms with Gasteiger partial charge in [0.15, 0.2) is 0 Å². The van der Waals surface area contributed by atoms with E-state index in [-0.39, 0.29) is 5.91 Å². The van der Waals surface area contributed by atoms with E-state index in [2.05, 4.69) is 21.8 Å². The van der Waals surface area contributed by atoms with Crippen molar-refractivity contribution in [3.63, 3.8) is 0 Å². The number of aromatic nitrogens is 2. The van der Waals surface area contributed by atoms with Crippen LogP contribution in [0.1, 0.15) is 21.5 Å². The Morgan fingerprint density at radius 2 is 1.55 bits per heavy atom. The van der Waals surface area contributed by atoms with Crippen LogP contribution in [-0.2, 0) is 13.1 Å². The van der Waals surface area contributed by atoms with Crippen molar-refractivity contribution in [2.24, 2.45) is 0 Å². The van der Waals surface area contributed by atoms with Crippen LogP contribution in [0.2, 0.25) is 0 Å². The van der Waals surface area contributed by atoms with Gasteiger partial charge in [0, 0.05) is 24.6 Å². The number of carbonyl (C=O) groups is 1. The highest BCUT2D eigenvalue weighted by Crippen LogP contribution is 2.21. The second-order valence-corrected chi connectivity index (χ2v) is 6.69. The molecule has 144 valence electrons. The van der Waals surface area contributed by atoms with Crippen molar-refractivity contribution in [2.75, 3.05) is 5.32 Å². The van der Waals surface area contributed by atoms with Gasteiger partial charge in [-0.25, -0.2) is 0 Å². The van der Waals surface area contributed by atoms with Gasteiger partial charge in [-0.1, -0.05) is 54.6 Å². The molecular formula is C24H22N4O. The Labute approximate surface area is 170 Å². The molecule has 2 N–H and O–H groups in total. The van der Waals surface area contributed by atoms with Gasteiger partial charge in [0.2, 0.25) is 0 Å². The summed E-state index contributed by atoms with van der Waals surface area (Å²) in [5.74, 6) is -0.113. The third kappa shape index (κ3) is 4.71. The van der Waals surface area contributed by atoms with E-state index < -0.39 is 0 Å². The highest BCUT2D eigenvalue weighted by atomic mass is 16.1. The summed E-state index contributed by atoms with van der Waals surface area (Å²) in [5.41, 5.74) is 4.54.